The van der Waals surface area contributed by atoms with Gasteiger partial charge in [0.1, 0.15) is 6.29 Å². The summed E-state index contributed by atoms with van der Waals surface area (Å²) in [5.41, 5.74) is 0.548. The predicted molar refractivity (Wildman–Crippen MR) is 77.3 cm³/mol. The first kappa shape index (κ1) is 16.0. The molecule has 19 heavy (non-hydrogen) atoms. The van der Waals surface area contributed by atoms with E-state index in [1.165, 1.54) is 0 Å². The molecule has 0 aliphatic rings. The van der Waals surface area contributed by atoms with E-state index in [0.29, 0.717) is 34.7 Å². The molecule has 0 fully saturated rings. The number of aldehydes is 1. The van der Waals surface area contributed by atoms with Gasteiger partial charge >= 0.3 is 0 Å². The third kappa shape index (κ3) is 4.84. The molecule has 0 saturated carbocycles. The van der Waals surface area contributed by atoms with Crippen molar-refractivity contribution in [3.63, 3.8) is 0 Å². The second-order valence-corrected chi connectivity index (χ2v) is 4.95. The molecule has 1 atom stereocenters. The summed E-state index contributed by atoms with van der Waals surface area (Å²) in [5.74, 6) is 1.19. The highest BCUT2D eigenvalue weighted by atomic mass is 79.9. The highest BCUT2D eigenvalue weighted by molar-refractivity contribution is 9.10. The number of methoxy groups -OCH3 is 1. The molecule has 0 bridgehead atoms. The average molecular weight is 331 g/mol. The monoisotopic (exact) mass is 330 g/mol. The van der Waals surface area contributed by atoms with Crippen LogP contribution in [0.5, 0.6) is 11.5 Å². The van der Waals surface area contributed by atoms with Crippen LogP contribution in [0.1, 0.15) is 30.6 Å². The highest BCUT2D eigenvalue weighted by Gasteiger charge is 2.15. The molecule has 0 saturated heterocycles. The summed E-state index contributed by atoms with van der Waals surface area (Å²) in [7, 11) is 1.66. The molecule has 1 aromatic carbocycles. The maximum Gasteiger partial charge on any atom is 0.175 e. The van der Waals surface area contributed by atoms with Crippen LogP contribution in [0.4, 0.5) is 0 Å². The standard InChI is InChI=1S/C14H19BrO4/c1-4-18-13-8-11(9-16)7-12(15)14(13)19-10(2)5-6-17-3/h7-10H,4-6H2,1-3H3. The van der Waals surface area contributed by atoms with Gasteiger partial charge in [-0.15, -0.1) is 0 Å². The Labute approximate surface area is 122 Å². The zero-order chi connectivity index (χ0) is 14.3. The Morgan fingerprint density at radius 2 is 2.16 bits per heavy atom. The van der Waals surface area contributed by atoms with Gasteiger partial charge in [-0.1, -0.05) is 0 Å². The van der Waals surface area contributed by atoms with Crippen LogP contribution in [-0.2, 0) is 4.74 Å². The molecule has 4 nitrogen and oxygen atoms in total. The molecule has 0 aromatic heterocycles. The number of ether oxygens (including phenoxy) is 3. The zero-order valence-corrected chi connectivity index (χ0v) is 13.0. The Balaban J connectivity index is 2.93. The van der Waals surface area contributed by atoms with Crippen LogP contribution in [-0.4, -0.2) is 32.7 Å². The van der Waals surface area contributed by atoms with E-state index in [2.05, 4.69) is 15.9 Å². The van der Waals surface area contributed by atoms with Crippen LogP contribution in [0.15, 0.2) is 16.6 Å². The predicted octanol–water partition coefficient (Wildman–Crippen LogP) is 3.46. The van der Waals surface area contributed by atoms with E-state index in [-0.39, 0.29) is 6.10 Å². The third-order valence-electron chi connectivity index (χ3n) is 2.52. The van der Waals surface area contributed by atoms with Crippen molar-refractivity contribution in [1.82, 2.24) is 0 Å². The molecule has 5 heteroatoms. The molecule has 0 aliphatic heterocycles. The first-order valence-electron chi connectivity index (χ1n) is 6.19. The molecule has 0 amide bonds. The summed E-state index contributed by atoms with van der Waals surface area (Å²) in [6.07, 6.45) is 1.56. The molecular formula is C14H19BrO4. The molecule has 0 N–H and O–H groups in total. The van der Waals surface area contributed by atoms with E-state index in [1.807, 2.05) is 13.8 Å². The smallest absolute Gasteiger partial charge is 0.175 e. The molecular weight excluding hydrogens is 312 g/mol. The third-order valence-corrected chi connectivity index (χ3v) is 3.10. The number of carbonyl (C=O) groups excluding carboxylic acids is 1. The second-order valence-electron chi connectivity index (χ2n) is 4.09. The van der Waals surface area contributed by atoms with Crippen molar-refractivity contribution >= 4 is 22.2 Å². The number of halogens is 1. The number of benzene rings is 1. The van der Waals surface area contributed by atoms with Gasteiger partial charge in [-0.2, -0.15) is 0 Å². The maximum absolute atomic E-state index is 10.9. The van der Waals surface area contributed by atoms with E-state index in [4.69, 9.17) is 14.2 Å². The number of rotatable bonds is 8. The van der Waals surface area contributed by atoms with Gasteiger partial charge in [-0.05, 0) is 41.9 Å². The lowest BCUT2D eigenvalue weighted by molar-refractivity contribution is 0.112. The van der Waals surface area contributed by atoms with E-state index >= 15 is 0 Å². The number of hydrogen-bond donors (Lipinski definition) is 0. The molecule has 106 valence electrons. The van der Waals surface area contributed by atoms with Crippen molar-refractivity contribution in [1.29, 1.82) is 0 Å². The Bertz CT molecular complexity index is 420. The van der Waals surface area contributed by atoms with Gasteiger partial charge in [0.25, 0.3) is 0 Å². The topological polar surface area (TPSA) is 44.8 Å². The number of hydrogen-bond acceptors (Lipinski definition) is 4. The number of carbonyl (C=O) groups is 1. The Morgan fingerprint density at radius 3 is 2.74 bits per heavy atom. The van der Waals surface area contributed by atoms with E-state index < -0.39 is 0 Å². The van der Waals surface area contributed by atoms with Crippen molar-refractivity contribution in [2.45, 2.75) is 26.4 Å². The summed E-state index contributed by atoms with van der Waals surface area (Å²) in [6.45, 7) is 5.00. The van der Waals surface area contributed by atoms with E-state index in [9.17, 15) is 4.79 Å². The minimum absolute atomic E-state index is 0.00228. The van der Waals surface area contributed by atoms with Crippen LogP contribution in [0.25, 0.3) is 0 Å². The fraction of sp³-hybridized carbons (Fsp3) is 0.500. The van der Waals surface area contributed by atoms with Crippen molar-refractivity contribution in [2.75, 3.05) is 20.3 Å². The summed E-state index contributed by atoms with van der Waals surface area (Å²) >= 11 is 3.41. The zero-order valence-electron chi connectivity index (χ0n) is 11.4. The van der Waals surface area contributed by atoms with Gasteiger partial charge in [-0.3, -0.25) is 4.79 Å². The fourth-order valence-corrected chi connectivity index (χ4v) is 2.13. The minimum Gasteiger partial charge on any atom is -0.490 e. The first-order chi connectivity index (χ1) is 9.12. The van der Waals surface area contributed by atoms with E-state index in [0.717, 1.165) is 12.7 Å². The lowest BCUT2D eigenvalue weighted by Gasteiger charge is -2.19. The van der Waals surface area contributed by atoms with Gasteiger partial charge in [0.2, 0.25) is 0 Å². The van der Waals surface area contributed by atoms with Gasteiger partial charge in [0, 0.05) is 25.7 Å². The van der Waals surface area contributed by atoms with Crippen LogP contribution in [0, 0.1) is 0 Å². The first-order valence-corrected chi connectivity index (χ1v) is 6.98. The lowest BCUT2D eigenvalue weighted by atomic mass is 10.2. The van der Waals surface area contributed by atoms with Crippen molar-refractivity contribution in [2.24, 2.45) is 0 Å². The highest BCUT2D eigenvalue weighted by Crippen LogP contribution is 2.37. The van der Waals surface area contributed by atoms with Crippen LogP contribution in [0.3, 0.4) is 0 Å². The lowest BCUT2D eigenvalue weighted by Crippen LogP contribution is -2.15. The Kier molecular flexibility index (Phi) is 6.87. The van der Waals surface area contributed by atoms with Gasteiger partial charge < -0.3 is 14.2 Å². The molecule has 0 heterocycles. The summed E-state index contributed by atoms with van der Waals surface area (Å²) in [5, 5.41) is 0. The van der Waals surface area contributed by atoms with Crippen molar-refractivity contribution in [3.05, 3.63) is 22.2 Å². The fourth-order valence-electron chi connectivity index (χ4n) is 1.58. The maximum atomic E-state index is 10.9. The molecule has 0 aliphatic carbocycles. The van der Waals surface area contributed by atoms with E-state index in [1.54, 1.807) is 19.2 Å². The summed E-state index contributed by atoms with van der Waals surface area (Å²) in [4.78, 5) is 10.9. The normalized spacial score (nSPS) is 12.0. The second kappa shape index (κ2) is 8.17. The molecule has 0 radical (unpaired) electrons. The van der Waals surface area contributed by atoms with Crippen LogP contribution in [0.2, 0.25) is 0 Å². The van der Waals surface area contributed by atoms with Crippen molar-refractivity contribution in [3.8, 4) is 11.5 Å². The summed E-state index contributed by atoms with van der Waals surface area (Å²) < 4.78 is 17.1. The quantitative estimate of drug-likeness (QED) is 0.684. The van der Waals surface area contributed by atoms with Crippen LogP contribution >= 0.6 is 15.9 Å². The van der Waals surface area contributed by atoms with Gasteiger partial charge in [-0.25, -0.2) is 0 Å². The molecule has 1 unspecified atom stereocenters. The largest absolute Gasteiger partial charge is 0.490 e. The Hall–Kier alpha value is -1.07. The average Bonchev–Trinajstić information content (AvgIpc) is 2.40. The van der Waals surface area contributed by atoms with Crippen molar-refractivity contribution < 1.29 is 19.0 Å². The SMILES string of the molecule is CCOc1cc(C=O)cc(Br)c1OC(C)CCOC. The van der Waals surface area contributed by atoms with Gasteiger partial charge in [0.15, 0.2) is 11.5 Å². The molecule has 0 spiro atoms. The molecule has 1 aromatic rings. The molecule has 1 rings (SSSR count). The van der Waals surface area contributed by atoms with Crippen LogP contribution < -0.4 is 9.47 Å². The Morgan fingerprint density at radius 1 is 1.42 bits per heavy atom. The summed E-state index contributed by atoms with van der Waals surface area (Å²) in [6, 6.07) is 3.40. The van der Waals surface area contributed by atoms with Gasteiger partial charge in [0.05, 0.1) is 17.2 Å². The minimum atomic E-state index is -0.00228.